The van der Waals surface area contributed by atoms with Gasteiger partial charge in [-0.1, -0.05) is 0 Å². The Hall–Kier alpha value is -3.03. The van der Waals surface area contributed by atoms with Crippen LogP contribution in [0.25, 0.3) is 0 Å². The second-order valence-corrected chi connectivity index (χ2v) is 6.38. The average Bonchev–Trinajstić information content (AvgIpc) is 3.02. The van der Waals surface area contributed by atoms with Gasteiger partial charge >= 0.3 is 5.97 Å². The van der Waals surface area contributed by atoms with Crippen LogP contribution in [0, 0.1) is 0 Å². The molecule has 150 valence electrons. The van der Waals surface area contributed by atoms with E-state index in [1.54, 1.807) is 43.1 Å². The molecule has 0 fully saturated rings. The molecule has 0 atom stereocenters. The topological polar surface area (TPSA) is 82.9 Å². The Morgan fingerprint density at radius 1 is 1.07 bits per heavy atom. The van der Waals surface area contributed by atoms with E-state index >= 15 is 0 Å². The fourth-order valence-electron chi connectivity index (χ4n) is 3.20. The van der Waals surface area contributed by atoms with E-state index in [1.165, 1.54) is 4.68 Å². The van der Waals surface area contributed by atoms with Gasteiger partial charge in [0.05, 0.1) is 25.5 Å². The maximum absolute atomic E-state index is 12.6. The van der Waals surface area contributed by atoms with Gasteiger partial charge in [-0.2, -0.15) is 5.10 Å². The molecule has 0 N–H and O–H groups in total. The molecule has 8 nitrogen and oxygen atoms in total. The Morgan fingerprint density at radius 2 is 1.75 bits per heavy atom. The molecule has 0 bridgehead atoms. The molecule has 2 aromatic rings. The molecule has 0 saturated carbocycles. The molecular formula is C20H25N3O5. The van der Waals surface area contributed by atoms with Crippen LogP contribution >= 0.6 is 0 Å². The number of aryl methyl sites for hydroxylation is 1. The van der Waals surface area contributed by atoms with Gasteiger partial charge in [-0.05, 0) is 38.1 Å². The number of fused-ring (bicyclic) bond motifs is 1. The number of rotatable bonds is 7. The number of amides is 1. The molecule has 0 radical (unpaired) electrons. The Labute approximate surface area is 164 Å². The Balaban J connectivity index is 1.63. The maximum atomic E-state index is 12.6. The third kappa shape index (κ3) is 4.27. The lowest BCUT2D eigenvalue weighted by atomic mass is 10.1. The first-order chi connectivity index (χ1) is 13.5. The first-order valence-corrected chi connectivity index (χ1v) is 9.38. The zero-order valence-electron chi connectivity index (χ0n) is 16.4. The van der Waals surface area contributed by atoms with Crippen LogP contribution in [0.5, 0.6) is 11.5 Å². The van der Waals surface area contributed by atoms with Crippen molar-refractivity contribution in [2.75, 3.05) is 26.4 Å². The molecule has 0 spiro atoms. The van der Waals surface area contributed by atoms with Crippen LogP contribution < -0.4 is 9.47 Å². The second-order valence-electron chi connectivity index (χ2n) is 6.38. The van der Waals surface area contributed by atoms with E-state index in [2.05, 4.69) is 5.10 Å². The number of benzene rings is 1. The van der Waals surface area contributed by atoms with E-state index in [0.717, 1.165) is 17.0 Å². The fourth-order valence-corrected chi connectivity index (χ4v) is 3.20. The SMILES string of the molecule is CCOC(=O)c1c2c(nn1C)CCN(C(=O)COc1ccc(OCC)cc1)C2. The highest BCUT2D eigenvalue weighted by atomic mass is 16.5. The van der Waals surface area contributed by atoms with Crippen molar-refractivity contribution in [3.05, 3.63) is 41.2 Å². The van der Waals surface area contributed by atoms with Crippen LogP contribution in [-0.4, -0.2) is 52.9 Å². The molecule has 1 aliphatic rings. The minimum absolute atomic E-state index is 0.0711. The van der Waals surface area contributed by atoms with E-state index in [-0.39, 0.29) is 19.1 Å². The predicted octanol–water partition coefficient (Wildman–Crippen LogP) is 1.96. The zero-order chi connectivity index (χ0) is 20.1. The van der Waals surface area contributed by atoms with Gasteiger partial charge in [0.15, 0.2) is 12.3 Å². The van der Waals surface area contributed by atoms with Gasteiger partial charge in [-0.25, -0.2) is 4.79 Å². The summed E-state index contributed by atoms with van der Waals surface area (Å²) in [6.45, 7) is 5.35. The van der Waals surface area contributed by atoms with Crippen LogP contribution in [0.2, 0.25) is 0 Å². The van der Waals surface area contributed by atoms with Crippen molar-refractivity contribution >= 4 is 11.9 Å². The standard InChI is InChI=1S/C20H25N3O5/c1-4-26-14-6-8-15(9-7-14)28-13-18(24)23-11-10-17-16(12-23)19(22(3)21-17)20(25)27-5-2/h6-9H,4-5,10-13H2,1-3H3. The lowest BCUT2D eigenvalue weighted by molar-refractivity contribution is -0.134. The third-order valence-electron chi connectivity index (χ3n) is 4.51. The number of carbonyl (C=O) groups is 2. The number of esters is 1. The number of carbonyl (C=O) groups excluding carboxylic acids is 2. The number of aromatic nitrogens is 2. The quantitative estimate of drug-likeness (QED) is 0.676. The first-order valence-electron chi connectivity index (χ1n) is 9.38. The normalized spacial score (nSPS) is 13.0. The third-order valence-corrected chi connectivity index (χ3v) is 4.51. The molecular weight excluding hydrogens is 362 g/mol. The number of hydrogen-bond acceptors (Lipinski definition) is 6. The lowest BCUT2D eigenvalue weighted by Gasteiger charge is -2.26. The predicted molar refractivity (Wildman–Crippen MR) is 101 cm³/mol. The molecule has 0 saturated heterocycles. The van der Waals surface area contributed by atoms with Gasteiger partial charge in [-0.3, -0.25) is 9.48 Å². The van der Waals surface area contributed by atoms with Crippen molar-refractivity contribution in [1.29, 1.82) is 0 Å². The summed E-state index contributed by atoms with van der Waals surface area (Å²) in [5, 5.41) is 4.40. The summed E-state index contributed by atoms with van der Waals surface area (Å²) in [5.41, 5.74) is 1.99. The first kappa shape index (κ1) is 19.7. The summed E-state index contributed by atoms with van der Waals surface area (Å²) >= 11 is 0. The van der Waals surface area contributed by atoms with Crippen molar-refractivity contribution in [1.82, 2.24) is 14.7 Å². The Morgan fingerprint density at radius 3 is 2.39 bits per heavy atom. The summed E-state index contributed by atoms with van der Waals surface area (Å²) < 4.78 is 17.7. The largest absolute Gasteiger partial charge is 0.494 e. The van der Waals surface area contributed by atoms with Gasteiger partial charge in [0.1, 0.15) is 11.5 Å². The van der Waals surface area contributed by atoms with Crippen molar-refractivity contribution in [2.45, 2.75) is 26.8 Å². The fraction of sp³-hybridized carbons (Fsp3) is 0.450. The van der Waals surface area contributed by atoms with Crippen LogP contribution in [-0.2, 0) is 29.5 Å². The number of ether oxygens (including phenoxy) is 3. The highest BCUT2D eigenvalue weighted by molar-refractivity contribution is 5.90. The van der Waals surface area contributed by atoms with Gasteiger partial charge in [0.25, 0.3) is 5.91 Å². The van der Waals surface area contributed by atoms with Crippen molar-refractivity contribution in [3.63, 3.8) is 0 Å². The molecule has 3 rings (SSSR count). The molecule has 0 aliphatic carbocycles. The highest BCUT2D eigenvalue weighted by Gasteiger charge is 2.30. The Kier molecular flexibility index (Phi) is 6.18. The van der Waals surface area contributed by atoms with E-state index in [1.807, 2.05) is 6.92 Å². The number of nitrogens with zero attached hydrogens (tertiary/aromatic N) is 3. The van der Waals surface area contributed by atoms with Crippen molar-refractivity contribution in [3.8, 4) is 11.5 Å². The molecule has 1 aromatic heterocycles. The summed E-state index contributed by atoms with van der Waals surface area (Å²) in [5.74, 6) is 0.799. The monoisotopic (exact) mass is 387 g/mol. The molecule has 2 heterocycles. The second kappa shape index (κ2) is 8.77. The zero-order valence-corrected chi connectivity index (χ0v) is 16.4. The maximum Gasteiger partial charge on any atom is 0.356 e. The number of hydrogen-bond donors (Lipinski definition) is 0. The molecule has 1 aliphatic heterocycles. The molecule has 8 heteroatoms. The van der Waals surface area contributed by atoms with E-state index in [4.69, 9.17) is 14.2 Å². The van der Waals surface area contributed by atoms with Crippen molar-refractivity contribution in [2.24, 2.45) is 7.05 Å². The van der Waals surface area contributed by atoms with Crippen LogP contribution in [0.4, 0.5) is 0 Å². The van der Waals surface area contributed by atoms with Gasteiger partial charge in [-0.15, -0.1) is 0 Å². The summed E-state index contributed by atoms with van der Waals surface area (Å²) in [6, 6.07) is 7.15. The Bertz CT molecular complexity index is 844. The van der Waals surface area contributed by atoms with Crippen LogP contribution in [0.15, 0.2) is 24.3 Å². The minimum atomic E-state index is -0.418. The average molecular weight is 387 g/mol. The molecule has 1 aromatic carbocycles. The van der Waals surface area contributed by atoms with Crippen LogP contribution in [0.1, 0.15) is 35.6 Å². The van der Waals surface area contributed by atoms with E-state index in [9.17, 15) is 9.59 Å². The lowest BCUT2D eigenvalue weighted by Crippen LogP contribution is -2.39. The van der Waals surface area contributed by atoms with Gasteiger partial charge < -0.3 is 19.1 Å². The minimum Gasteiger partial charge on any atom is -0.494 e. The van der Waals surface area contributed by atoms with Crippen molar-refractivity contribution < 1.29 is 23.8 Å². The van der Waals surface area contributed by atoms with E-state index in [0.29, 0.717) is 37.6 Å². The summed E-state index contributed by atoms with van der Waals surface area (Å²) in [4.78, 5) is 26.5. The highest BCUT2D eigenvalue weighted by Crippen LogP contribution is 2.23. The summed E-state index contributed by atoms with van der Waals surface area (Å²) in [7, 11) is 1.71. The molecule has 0 unspecified atom stereocenters. The van der Waals surface area contributed by atoms with Crippen LogP contribution in [0.3, 0.4) is 0 Å². The van der Waals surface area contributed by atoms with E-state index < -0.39 is 5.97 Å². The smallest absolute Gasteiger partial charge is 0.356 e. The van der Waals surface area contributed by atoms with Gasteiger partial charge in [0, 0.05) is 25.6 Å². The molecule has 28 heavy (non-hydrogen) atoms. The molecule has 1 amide bonds. The summed E-state index contributed by atoms with van der Waals surface area (Å²) in [6.07, 6.45) is 0.595. The van der Waals surface area contributed by atoms with Gasteiger partial charge in [0.2, 0.25) is 0 Å².